The summed E-state index contributed by atoms with van der Waals surface area (Å²) in [6.07, 6.45) is 10.2. The number of carboxylic acid groups (broad SMARTS) is 1. The number of carbonyl (C=O) groups is 3. The smallest absolute Gasteiger partial charge is 0.309 e. The Bertz CT molecular complexity index is 1560. The zero-order chi connectivity index (χ0) is 37.3. The lowest BCUT2D eigenvalue weighted by atomic mass is 9.37. The second-order valence-electron chi connectivity index (χ2n) is 19.7. The number of ketones is 1. The molecule has 8 atom stereocenters. The van der Waals surface area contributed by atoms with Crippen molar-refractivity contribution in [1.82, 2.24) is 4.90 Å². The van der Waals surface area contributed by atoms with Gasteiger partial charge in [0.25, 0.3) is 0 Å². The van der Waals surface area contributed by atoms with Gasteiger partial charge in [-0.25, -0.2) is 0 Å². The average Bonchev–Trinajstić information content (AvgIpc) is 3.34. The normalized spacial score (nSPS) is 36.0. The van der Waals surface area contributed by atoms with Crippen LogP contribution >= 0.6 is 11.6 Å². The van der Waals surface area contributed by atoms with E-state index < -0.39 is 17.4 Å². The van der Waals surface area contributed by atoms with Gasteiger partial charge in [-0.1, -0.05) is 70.8 Å². The largest absolute Gasteiger partial charge is 0.481 e. The maximum absolute atomic E-state index is 14.0. The minimum atomic E-state index is -1.14. The Morgan fingerprint density at radius 3 is 2.25 bits per heavy atom. The van der Waals surface area contributed by atoms with Crippen LogP contribution in [-0.2, 0) is 25.7 Å². The van der Waals surface area contributed by atoms with Crippen LogP contribution in [0.3, 0.4) is 0 Å². The Labute approximate surface area is 312 Å². The first-order valence-corrected chi connectivity index (χ1v) is 20.3. The molecule has 4 saturated carbocycles. The van der Waals surface area contributed by atoms with Gasteiger partial charge in [0.1, 0.15) is 6.10 Å². The number of nitrogens with zero attached hydrogens (tertiary/aromatic N) is 1. The summed E-state index contributed by atoms with van der Waals surface area (Å²) in [5, 5.41) is 10.4. The number of benzene rings is 1. The Morgan fingerprint density at radius 2 is 1.61 bits per heavy atom. The van der Waals surface area contributed by atoms with Crippen molar-refractivity contribution in [2.45, 2.75) is 139 Å². The van der Waals surface area contributed by atoms with Crippen molar-refractivity contribution < 1.29 is 24.2 Å². The van der Waals surface area contributed by atoms with Crippen molar-refractivity contribution in [1.29, 1.82) is 0 Å². The fraction of sp³-hybridized carbons (Fsp3) is 0.750. The zero-order valence-corrected chi connectivity index (χ0v) is 33.6. The van der Waals surface area contributed by atoms with Crippen LogP contribution < -0.4 is 0 Å². The predicted molar refractivity (Wildman–Crippen MR) is 203 cm³/mol. The molecule has 1 aromatic rings. The second kappa shape index (κ2) is 13.6. The van der Waals surface area contributed by atoms with Crippen LogP contribution in [0.5, 0.6) is 0 Å². The third kappa shape index (κ3) is 6.66. The lowest BCUT2D eigenvalue weighted by Crippen LogP contribution is -2.62. The van der Waals surface area contributed by atoms with E-state index in [1.54, 1.807) is 19.4 Å². The van der Waals surface area contributed by atoms with E-state index in [2.05, 4.69) is 65.6 Å². The maximum Gasteiger partial charge on any atom is 0.309 e. The Hall–Kier alpha value is -2.18. The van der Waals surface area contributed by atoms with E-state index in [1.807, 2.05) is 12.1 Å². The van der Waals surface area contributed by atoms with Gasteiger partial charge in [-0.15, -0.1) is 0 Å². The molecule has 2 unspecified atom stereocenters. The number of hydrogen-bond acceptors (Lipinski definition) is 5. The van der Waals surface area contributed by atoms with Crippen LogP contribution in [0.2, 0.25) is 5.02 Å². The van der Waals surface area contributed by atoms with E-state index in [0.29, 0.717) is 35.9 Å². The minimum Gasteiger partial charge on any atom is -0.481 e. The molecule has 0 saturated heterocycles. The van der Waals surface area contributed by atoms with Crippen LogP contribution in [0.15, 0.2) is 35.4 Å². The second-order valence-corrected chi connectivity index (χ2v) is 20.1. The van der Waals surface area contributed by atoms with Crippen molar-refractivity contribution in [3.05, 3.63) is 46.0 Å². The van der Waals surface area contributed by atoms with Crippen LogP contribution in [0.1, 0.15) is 132 Å². The predicted octanol–water partition coefficient (Wildman–Crippen LogP) is 10.2. The summed E-state index contributed by atoms with van der Waals surface area (Å²) in [5.74, 6) is 1.40. The fourth-order valence-electron chi connectivity index (χ4n) is 12.7. The molecule has 0 radical (unpaired) electrons. The van der Waals surface area contributed by atoms with Gasteiger partial charge >= 0.3 is 11.9 Å². The molecule has 6 rings (SSSR count). The van der Waals surface area contributed by atoms with Crippen LogP contribution in [-0.4, -0.2) is 47.4 Å². The van der Waals surface area contributed by atoms with Crippen LogP contribution in [0.4, 0.5) is 0 Å². The van der Waals surface area contributed by atoms with Gasteiger partial charge in [-0.2, -0.15) is 0 Å². The molecule has 0 amide bonds. The number of Topliss-reactive ketones (excluding diaryl/α,β-unsaturated/α-hetero) is 1. The van der Waals surface area contributed by atoms with E-state index in [-0.39, 0.29) is 40.1 Å². The number of fused-ring (bicyclic) bond motifs is 7. The van der Waals surface area contributed by atoms with Crippen molar-refractivity contribution in [2.75, 3.05) is 13.6 Å². The summed E-state index contributed by atoms with van der Waals surface area (Å²) in [6.45, 7) is 19.3. The number of carboxylic acids is 1. The Kier molecular flexibility index (Phi) is 10.3. The molecule has 4 fully saturated rings. The monoisotopic (exact) mass is 721 g/mol. The Balaban J connectivity index is 1.22. The molecule has 0 aliphatic heterocycles. The molecule has 51 heavy (non-hydrogen) atoms. The van der Waals surface area contributed by atoms with Crippen LogP contribution in [0, 0.1) is 56.7 Å². The zero-order valence-electron chi connectivity index (χ0n) is 32.9. The van der Waals surface area contributed by atoms with Gasteiger partial charge in [0.05, 0.1) is 11.8 Å². The molecule has 1 N–H and O–H groups in total. The van der Waals surface area contributed by atoms with E-state index in [1.165, 1.54) is 30.4 Å². The molecular weight excluding hydrogens is 658 g/mol. The van der Waals surface area contributed by atoms with Gasteiger partial charge in [0, 0.05) is 28.8 Å². The van der Waals surface area contributed by atoms with E-state index >= 15 is 0 Å². The summed E-state index contributed by atoms with van der Waals surface area (Å²) >= 11 is 6.15. The van der Waals surface area contributed by atoms with Crippen LogP contribution in [0.25, 0.3) is 0 Å². The number of ether oxygens (including phenoxy) is 1. The van der Waals surface area contributed by atoms with Crippen molar-refractivity contribution in [3.63, 3.8) is 0 Å². The maximum atomic E-state index is 14.0. The first-order valence-electron chi connectivity index (χ1n) is 19.9. The van der Waals surface area contributed by atoms with Crippen molar-refractivity contribution in [3.8, 4) is 0 Å². The minimum absolute atomic E-state index is 0.0256. The first-order chi connectivity index (χ1) is 23.7. The van der Waals surface area contributed by atoms with Gasteiger partial charge < -0.3 is 14.7 Å². The number of allylic oxidation sites excluding steroid dienone is 2. The highest BCUT2D eigenvalue weighted by Gasteiger charge is 2.66. The van der Waals surface area contributed by atoms with E-state index in [0.717, 1.165) is 56.6 Å². The SMILES string of the molecule is CC(C)C1=C2[C@H]3CCC4[C@@H](CCC5C(C)(C)[C@@H](OC(=O)CC(C)(C)C(=O)O)CC[C@]45C)[C@]3(C)CC[C@@]2(CCN(C)Cc2ccc(Cl)cc2)CC1=O. The number of carbonyl (C=O) groups excluding carboxylic acids is 2. The van der Waals surface area contributed by atoms with E-state index in [4.69, 9.17) is 16.3 Å². The fourth-order valence-corrected chi connectivity index (χ4v) is 12.9. The number of aliphatic carboxylic acids is 1. The molecule has 0 aromatic heterocycles. The highest BCUT2D eigenvalue weighted by Crippen LogP contribution is 2.73. The lowest BCUT2D eigenvalue weighted by molar-refractivity contribution is -0.204. The van der Waals surface area contributed by atoms with Gasteiger partial charge in [0.15, 0.2) is 5.78 Å². The quantitative estimate of drug-likeness (QED) is 0.242. The molecular formula is C44H64ClNO5. The molecule has 5 aliphatic carbocycles. The third-order valence-corrected chi connectivity index (χ3v) is 15.7. The summed E-state index contributed by atoms with van der Waals surface area (Å²) in [5.41, 5.74) is 2.95. The number of esters is 1. The summed E-state index contributed by atoms with van der Waals surface area (Å²) < 4.78 is 6.16. The Morgan fingerprint density at radius 1 is 0.961 bits per heavy atom. The molecule has 6 nitrogen and oxygen atoms in total. The molecule has 7 heteroatoms. The van der Waals surface area contributed by atoms with Crippen molar-refractivity contribution >= 4 is 29.3 Å². The number of hydrogen-bond donors (Lipinski definition) is 1. The highest BCUT2D eigenvalue weighted by atomic mass is 35.5. The molecule has 0 heterocycles. The topological polar surface area (TPSA) is 83.9 Å². The van der Waals surface area contributed by atoms with Gasteiger partial charge in [0.2, 0.25) is 0 Å². The van der Waals surface area contributed by atoms with Gasteiger partial charge in [-0.05, 0) is 149 Å². The molecule has 0 spiro atoms. The summed E-state index contributed by atoms with van der Waals surface area (Å²) in [7, 11) is 2.21. The number of halogens is 1. The first kappa shape index (κ1) is 38.5. The van der Waals surface area contributed by atoms with Crippen molar-refractivity contribution in [2.24, 2.45) is 56.7 Å². The number of rotatable bonds is 10. The standard InChI is InChI=1S/C44H64ClNO5/c1-27(2)37-33(47)24-44(22-23-46(9)26-28-10-12-29(45)13-11-28)21-20-42(7)30-16-17-34-41(5,6)35(51-36(48)25-40(3,4)39(49)50)18-19-43(34,8)31(30)14-15-32(42)38(37)44/h10-13,27,30-32,34-35H,14-26H2,1-9H3,(H,49,50)/t30-,31?,32-,34?,35+,42+,43-,44-/m1/s1. The highest BCUT2D eigenvalue weighted by molar-refractivity contribution is 6.30. The third-order valence-electron chi connectivity index (χ3n) is 15.5. The molecule has 1 aromatic carbocycles. The van der Waals surface area contributed by atoms with E-state index in [9.17, 15) is 19.5 Å². The summed E-state index contributed by atoms with van der Waals surface area (Å²) in [6, 6.07) is 8.16. The lowest BCUT2D eigenvalue weighted by Gasteiger charge is -2.68. The average molecular weight is 722 g/mol. The summed E-state index contributed by atoms with van der Waals surface area (Å²) in [4.78, 5) is 41.2. The molecule has 282 valence electrons. The van der Waals surface area contributed by atoms with Gasteiger partial charge in [-0.3, -0.25) is 14.4 Å². The molecule has 5 aliphatic rings. The molecule has 0 bridgehead atoms.